The maximum atomic E-state index is 13.3. The van der Waals surface area contributed by atoms with Crippen molar-refractivity contribution in [3.8, 4) is 0 Å². The Morgan fingerprint density at radius 2 is 1.53 bits per heavy atom. The molecule has 0 radical (unpaired) electrons. The van der Waals surface area contributed by atoms with Gasteiger partial charge in [0.25, 0.3) is 0 Å². The number of nitrogens with zero attached hydrogens (tertiary/aromatic N) is 1. The monoisotopic (exact) mass is 294 g/mol. The number of nitrogens with one attached hydrogen (secondary N) is 1. The van der Waals surface area contributed by atoms with E-state index in [4.69, 9.17) is 0 Å². The van der Waals surface area contributed by atoms with E-state index in [0.717, 1.165) is 0 Å². The quantitative estimate of drug-likeness (QED) is 0.529. The van der Waals surface area contributed by atoms with E-state index in [0.29, 0.717) is 10.6 Å². The third-order valence-corrected chi connectivity index (χ3v) is 3.42. The molecule has 102 valence electrons. The van der Waals surface area contributed by atoms with E-state index in [9.17, 15) is 22.0 Å². The third-order valence-electron chi connectivity index (χ3n) is 2.48. The first-order valence-corrected chi connectivity index (χ1v) is 5.95. The normalized spacial score (nSPS) is 10.8. The number of aryl methyl sites for hydroxylation is 1. The van der Waals surface area contributed by atoms with E-state index < -0.39 is 34.8 Å². The highest BCUT2D eigenvalue weighted by molar-refractivity contribution is 7.09. The molecule has 0 atom stereocenters. The first-order valence-electron chi connectivity index (χ1n) is 5.07. The van der Waals surface area contributed by atoms with Gasteiger partial charge in [-0.25, -0.2) is 26.9 Å². The van der Waals surface area contributed by atoms with Crippen LogP contribution in [-0.2, 0) is 6.54 Å². The maximum absolute atomic E-state index is 13.3. The SMILES string of the molecule is Cc1ncsc1CNc1c(F)c(F)c(F)c(F)c1F. The van der Waals surface area contributed by atoms with E-state index in [-0.39, 0.29) is 6.54 Å². The average Bonchev–Trinajstić information content (AvgIpc) is 2.80. The topological polar surface area (TPSA) is 24.9 Å². The molecule has 0 spiro atoms. The summed E-state index contributed by atoms with van der Waals surface area (Å²) in [6.07, 6.45) is 0. The number of thiazole rings is 1. The summed E-state index contributed by atoms with van der Waals surface area (Å²) < 4.78 is 65.4. The highest BCUT2D eigenvalue weighted by Gasteiger charge is 2.25. The maximum Gasteiger partial charge on any atom is 0.200 e. The number of hydrogen-bond acceptors (Lipinski definition) is 3. The molecule has 1 aromatic carbocycles. The molecular weight excluding hydrogens is 287 g/mol. The van der Waals surface area contributed by atoms with Crippen LogP contribution in [0.15, 0.2) is 5.51 Å². The Morgan fingerprint density at radius 1 is 1.00 bits per heavy atom. The van der Waals surface area contributed by atoms with Gasteiger partial charge in [-0.05, 0) is 6.92 Å². The lowest BCUT2D eigenvalue weighted by Crippen LogP contribution is -2.09. The fraction of sp³-hybridized carbons (Fsp3) is 0.182. The summed E-state index contributed by atoms with van der Waals surface area (Å²) in [5.74, 6) is -9.86. The molecule has 0 aliphatic carbocycles. The van der Waals surface area contributed by atoms with Crippen LogP contribution in [0.1, 0.15) is 10.6 Å². The highest BCUT2D eigenvalue weighted by Crippen LogP contribution is 2.28. The van der Waals surface area contributed by atoms with Gasteiger partial charge in [0.05, 0.1) is 17.7 Å². The zero-order valence-electron chi connectivity index (χ0n) is 9.53. The van der Waals surface area contributed by atoms with Crippen LogP contribution in [0.5, 0.6) is 0 Å². The first kappa shape index (κ1) is 13.7. The molecule has 1 aromatic heterocycles. The molecule has 0 unspecified atom stereocenters. The Morgan fingerprint density at radius 3 is 2.00 bits per heavy atom. The predicted octanol–water partition coefficient (Wildman–Crippen LogP) is 3.76. The molecular formula is C11H7F5N2S. The van der Waals surface area contributed by atoms with Crippen molar-refractivity contribution in [2.75, 3.05) is 5.32 Å². The molecule has 0 aliphatic rings. The van der Waals surface area contributed by atoms with Crippen LogP contribution < -0.4 is 5.32 Å². The molecule has 2 nitrogen and oxygen atoms in total. The number of aromatic nitrogens is 1. The van der Waals surface area contributed by atoms with Crippen molar-refractivity contribution >= 4 is 17.0 Å². The van der Waals surface area contributed by atoms with Gasteiger partial charge in [0.1, 0.15) is 5.69 Å². The van der Waals surface area contributed by atoms with Crippen LogP contribution >= 0.6 is 11.3 Å². The summed E-state index contributed by atoms with van der Waals surface area (Å²) in [5, 5.41) is 2.21. The number of rotatable bonds is 3. The first-order chi connectivity index (χ1) is 8.93. The molecule has 0 amide bonds. The minimum Gasteiger partial charge on any atom is -0.375 e. The van der Waals surface area contributed by atoms with Crippen LogP contribution in [0.3, 0.4) is 0 Å². The Balaban J connectivity index is 2.33. The Hall–Kier alpha value is -1.70. The Kier molecular flexibility index (Phi) is 3.70. The predicted molar refractivity (Wildman–Crippen MR) is 60.4 cm³/mol. The fourth-order valence-corrected chi connectivity index (χ4v) is 2.14. The summed E-state index contributed by atoms with van der Waals surface area (Å²) in [7, 11) is 0. The van der Waals surface area contributed by atoms with Crippen molar-refractivity contribution < 1.29 is 22.0 Å². The van der Waals surface area contributed by atoms with Gasteiger partial charge in [0.15, 0.2) is 23.3 Å². The molecule has 0 saturated carbocycles. The van der Waals surface area contributed by atoms with Crippen molar-refractivity contribution in [3.63, 3.8) is 0 Å². The van der Waals surface area contributed by atoms with Crippen LogP contribution in [0.25, 0.3) is 0 Å². The van der Waals surface area contributed by atoms with Gasteiger partial charge in [-0.2, -0.15) is 0 Å². The van der Waals surface area contributed by atoms with Gasteiger partial charge in [0, 0.05) is 4.88 Å². The van der Waals surface area contributed by atoms with Gasteiger partial charge in [-0.3, -0.25) is 0 Å². The molecule has 0 aliphatic heterocycles. The molecule has 0 saturated heterocycles. The zero-order chi connectivity index (χ0) is 14.2. The Bertz CT molecular complexity index is 597. The Labute approximate surface area is 108 Å². The van der Waals surface area contributed by atoms with Gasteiger partial charge >= 0.3 is 0 Å². The average molecular weight is 294 g/mol. The summed E-state index contributed by atoms with van der Waals surface area (Å²) in [6, 6.07) is 0. The molecule has 8 heteroatoms. The minimum atomic E-state index is -2.17. The molecule has 2 rings (SSSR count). The summed E-state index contributed by atoms with van der Waals surface area (Å²) in [6.45, 7) is 1.60. The van der Waals surface area contributed by atoms with Crippen LogP contribution in [0.4, 0.5) is 27.6 Å². The van der Waals surface area contributed by atoms with E-state index >= 15 is 0 Å². The van der Waals surface area contributed by atoms with E-state index in [1.807, 2.05) is 0 Å². The molecule has 2 aromatic rings. The summed E-state index contributed by atoms with van der Waals surface area (Å²) in [4.78, 5) is 4.55. The van der Waals surface area contributed by atoms with Crippen molar-refractivity contribution in [1.29, 1.82) is 0 Å². The molecule has 1 N–H and O–H groups in total. The second-order valence-corrected chi connectivity index (χ2v) is 4.60. The zero-order valence-corrected chi connectivity index (χ0v) is 10.3. The fourth-order valence-electron chi connectivity index (χ4n) is 1.42. The lowest BCUT2D eigenvalue weighted by molar-refractivity contribution is 0.381. The summed E-state index contributed by atoms with van der Waals surface area (Å²) in [5.41, 5.74) is 1.11. The lowest BCUT2D eigenvalue weighted by atomic mass is 10.2. The third kappa shape index (κ3) is 2.40. The largest absolute Gasteiger partial charge is 0.375 e. The van der Waals surface area contributed by atoms with Crippen LogP contribution in [0.2, 0.25) is 0 Å². The van der Waals surface area contributed by atoms with Crippen molar-refractivity contribution in [1.82, 2.24) is 4.98 Å². The van der Waals surface area contributed by atoms with E-state index in [1.54, 1.807) is 6.92 Å². The van der Waals surface area contributed by atoms with Crippen molar-refractivity contribution in [2.45, 2.75) is 13.5 Å². The number of hydrogen-bond donors (Lipinski definition) is 1. The smallest absolute Gasteiger partial charge is 0.200 e. The van der Waals surface area contributed by atoms with Crippen LogP contribution in [0, 0.1) is 36.0 Å². The molecule has 0 bridgehead atoms. The van der Waals surface area contributed by atoms with Gasteiger partial charge in [0.2, 0.25) is 5.82 Å². The van der Waals surface area contributed by atoms with E-state index in [1.165, 1.54) is 16.8 Å². The van der Waals surface area contributed by atoms with Crippen molar-refractivity contribution in [2.24, 2.45) is 0 Å². The van der Waals surface area contributed by atoms with Gasteiger partial charge in [-0.15, -0.1) is 11.3 Å². The second kappa shape index (κ2) is 5.12. The number of anilines is 1. The van der Waals surface area contributed by atoms with Gasteiger partial charge < -0.3 is 5.32 Å². The highest BCUT2D eigenvalue weighted by atomic mass is 32.1. The summed E-state index contributed by atoms with van der Waals surface area (Å²) >= 11 is 1.21. The standard InChI is InChI=1S/C11H7F5N2S/c1-4-5(19-3-18-4)2-17-11-9(15)7(13)6(12)8(14)10(11)16/h3,17H,2H2,1H3. The molecule has 0 fully saturated rings. The molecule has 19 heavy (non-hydrogen) atoms. The lowest BCUT2D eigenvalue weighted by Gasteiger charge is -2.10. The number of benzene rings is 1. The second-order valence-electron chi connectivity index (χ2n) is 3.66. The van der Waals surface area contributed by atoms with E-state index in [2.05, 4.69) is 10.3 Å². The van der Waals surface area contributed by atoms with Crippen LogP contribution in [-0.4, -0.2) is 4.98 Å². The molecule has 1 heterocycles. The number of halogens is 5. The van der Waals surface area contributed by atoms with Crippen molar-refractivity contribution in [3.05, 3.63) is 45.2 Å². The minimum absolute atomic E-state index is 0.0746. The van der Waals surface area contributed by atoms with Gasteiger partial charge in [-0.1, -0.05) is 0 Å².